The van der Waals surface area contributed by atoms with Crippen molar-refractivity contribution < 1.29 is 9.47 Å². The minimum atomic E-state index is -0.00965. The summed E-state index contributed by atoms with van der Waals surface area (Å²) in [5.41, 5.74) is 2.14. The number of ether oxygens (including phenoxy) is 2. The largest absolute Gasteiger partial charge is 0.491 e. The molecule has 6 nitrogen and oxygen atoms in total. The van der Waals surface area contributed by atoms with E-state index in [2.05, 4.69) is 41.1 Å². The molecular weight excluding hydrogens is 414 g/mol. The average Bonchev–Trinajstić information content (AvgIpc) is 3.56. The third kappa shape index (κ3) is 3.91. The maximum Gasteiger partial charge on any atom is 0.262 e. The highest BCUT2D eigenvalue weighted by molar-refractivity contribution is 5.83. The fourth-order valence-electron chi connectivity index (χ4n) is 5.78. The Morgan fingerprint density at radius 1 is 1.03 bits per heavy atom. The van der Waals surface area contributed by atoms with Crippen molar-refractivity contribution in [3.05, 3.63) is 65.1 Å². The number of fused-ring (bicyclic) bond motifs is 2. The first-order chi connectivity index (χ1) is 16.2. The van der Waals surface area contributed by atoms with E-state index >= 15 is 0 Å². The number of pyridine rings is 1. The van der Waals surface area contributed by atoms with Crippen molar-refractivity contribution in [2.24, 2.45) is 5.92 Å². The Labute approximate surface area is 194 Å². The third-order valence-electron chi connectivity index (χ3n) is 7.53. The lowest BCUT2D eigenvalue weighted by atomic mass is 10.0. The van der Waals surface area contributed by atoms with Gasteiger partial charge in [-0.2, -0.15) is 0 Å². The number of nitrogens with zero attached hydrogens (tertiary/aromatic N) is 3. The minimum Gasteiger partial charge on any atom is -0.491 e. The van der Waals surface area contributed by atoms with Crippen molar-refractivity contribution in [2.45, 2.75) is 31.4 Å². The summed E-state index contributed by atoms with van der Waals surface area (Å²) in [5.74, 6) is 1.55. The molecule has 0 radical (unpaired) electrons. The van der Waals surface area contributed by atoms with Crippen molar-refractivity contribution in [1.82, 2.24) is 9.47 Å². The molecular formula is C27H31N3O3. The van der Waals surface area contributed by atoms with Crippen LogP contribution in [0, 0.1) is 5.92 Å². The fourth-order valence-corrected chi connectivity index (χ4v) is 5.78. The third-order valence-corrected chi connectivity index (χ3v) is 7.53. The van der Waals surface area contributed by atoms with Gasteiger partial charge in [0.1, 0.15) is 12.4 Å². The number of benzene rings is 2. The molecule has 33 heavy (non-hydrogen) atoms. The topological polar surface area (TPSA) is 46.9 Å². The van der Waals surface area contributed by atoms with Crippen LogP contribution in [-0.4, -0.2) is 61.5 Å². The summed E-state index contributed by atoms with van der Waals surface area (Å²) in [4.78, 5) is 18.2. The Morgan fingerprint density at radius 2 is 1.88 bits per heavy atom. The Bertz CT molecular complexity index is 1200. The molecule has 0 amide bonds. The molecule has 3 aliphatic heterocycles. The summed E-state index contributed by atoms with van der Waals surface area (Å²) in [5, 5.41) is 1.59. The zero-order valence-corrected chi connectivity index (χ0v) is 19.2. The molecule has 3 aliphatic rings. The standard InChI is InChI=1S/C27H31N3O3/c1-28-16-20-11-12-29(26(20)17-28)21-4-6-22(7-5-21)30-13-10-19-15-23(8-9-25(19)27(30)31)33-18-24-3-2-14-32-24/h4-10,13,15,20,24,26H,2-3,11-12,14,16-18H2,1H3/t20-,24+,26+/m1/s1. The maximum atomic E-state index is 13.2. The molecule has 6 heteroatoms. The van der Waals surface area contributed by atoms with Crippen molar-refractivity contribution in [3.8, 4) is 11.4 Å². The summed E-state index contributed by atoms with van der Waals surface area (Å²) in [6, 6.07) is 16.7. The quantitative estimate of drug-likeness (QED) is 0.600. The van der Waals surface area contributed by atoms with E-state index < -0.39 is 0 Å². The molecule has 0 aliphatic carbocycles. The number of likely N-dealkylation sites (N-methyl/N-ethyl adjacent to an activating group) is 1. The van der Waals surface area contributed by atoms with E-state index in [0.29, 0.717) is 18.0 Å². The molecule has 0 unspecified atom stereocenters. The van der Waals surface area contributed by atoms with Crippen LogP contribution in [0.15, 0.2) is 59.5 Å². The summed E-state index contributed by atoms with van der Waals surface area (Å²) >= 11 is 0. The first-order valence-corrected chi connectivity index (χ1v) is 12.1. The summed E-state index contributed by atoms with van der Waals surface area (Å²) < 4.78 is 13.3. The van der Waals surface area contributed by atoms with Crippen LogP contribution in [0.4, 0.5) is 5.69 Å². The van der Waals surface area contributed by atoms with Gasteiger partial charge in [0.15, 0.2) is 0 Å². The van der Waals surface area contributed by atoms with Crippen molar-refractivity contribution in [3.63, 3.8) is 0 Å². The first kappa shape index (κ1) is 20.8. The summed E-state index contributed by atoms with van der Waals surface area (Å²) in [6.45, 7) is 4.84. The predicted molar refractivity (Wildman–Crippen MR) is 131 cm³/mol. The molecule has 0 spiro atoms. The Kier molecular flexibility index (Phi) is 5.35. The van der Waals surface area contributed by atoms with Crippen LogP contribution in [-0.2, 0) is 4.74 Å². The highest BCUT2D eigenvalue weighted by Crippen LogP contribution is 2.34. The molecule has 172 valence electrons. The predicted octanol–water partition coefficient (Wildman–Crippen LogP) is 3.69. The molecule has 3 saturated heterocycles. The van der Waals surface area contributed by atoms with Gasteiger partial charge in [-0.15, -0.1) is 0 Å². The molecule has 0 bridgehead atoms. The average molecular weight is 446 g/mol. The SMILES string of the molecule is CN1C[C@H]2CCN(c3ccc(-n4ccc5cc(OC[C@@H]6CCCO6)ccc5c4=O)cc3)[C@H]2C1. The van der Waals surface area contributed by atoms with Crippen LogP contribution >= 0.6 is 0 Å². The number of hydrogen-bond acceptors (Lipinski definition) is 5. The second-order valence-corrected chi connectivity index (χ2v) is 9.73. The van der Waals surface area contributed by atoms with E-state index in [1.165, 1.54) is 18.7 Å². The van der Waals surface area contributed by atoms with Crippen LogP contribution in [0.3, 0.4) is 0 Å². The summed E-state index contributed by atoms with van der Waals surface area (Å²) in [6.07, 6.45) is 5.45. The van der Waals surface area contributed by atoms with Crippen LogP contribution in [0.5, 0.6) is 5.75 Å². The van der Waals surface area contributed by atoms with Crippen LogP contribution in [0.2, 0.25) is 0 Å². The van der Waals surface area contributed by atoms with Gasteiger partial charge in [0.2, 0.25) is 0 Å². The zero-order valence-electron chi connectivity index (χ0n) is 19.2. The second-order valence-electron chi connectivity index (χ2n) is 9.73. The second kappa shape index (κ2) is 8.50. The molecule has 3 atom stereocenters. The molecule has 2 aromatic carbocycles. The lowest BCUT2D eigenvalue weighted by Gasteiger charge is -2.26. The van der Waals surface area contributed by atoms with Gasteiger partial charge in [-0.3, -0.25) is 9.36 Å². The van der Waals surface area contributed by atoms with Gasteiger partial charge in [0.05, 0.1) is 6.10 Å². The first-order valence-electron chi connectivity index (χ1n) is 12.1. The summed E-state index contributed by atoms with van der Waals surface area (Å²) in [7, 11) is 2.21. The smallest absolute Gasteiger partial charge is 0.262 e. The van der Waals surface area contributed by atoms with E-state index in [4.69, 9.17) is 9.47 Å². The zero-order chi connectivity index (χ0) is 22.4. The Hall–Kier alpha value is -2.83. The minimum absolute atomic E-state index is 0.00965. The monoisotopic (exact) mass is 445 g/mol. The lowest BCUT2D eigenvalue weighted by molar-refractivity contribution is 0.0680. The lowest BCUT2D eigenvalue weighted by Crippen LogP contribution is -2.34. The number of rotatable bonds is 5. The van der Waals surface area contributed by atoms with Gasteiger partial charge >= 0.3 is 0 Å². The number of aromatic nitrogens is 1. The Morgan fingerprint density at radius 3 is 2.70 bits per heavy atom. The van der Waals surface area contributed by atoms with E-state index in [0.717, 1.165) is 55.3 Å². The molecule has 3 fully saturated rings. The fraction of sp³-hybridized carbons (Fsp3) is 0.444. The Balaban J connectivity index is 1.21. The van der Waals surface area contributed by atoms with Crippen LogP contribution in [0.25, 0.3) is 16.5 Å². The maximum absolute atomic E-state index is 13.2. The highest BCUT2D eigenvalue weighted by atomic mass is 16.5. The normalized spacial score (nSPS) is 25.1. The molecule has 0 saturated carbocycles. The number of anilines is 1. The van der Waals surface area contributed by atoms with Gasteiger partial charge in [0.25, 0.3) is 5.56 Å². The number of likely N-dealkylation sites (tertiary alicyclic amines) is 1. The van der Waals surface area contributed by atoms with Gasteiger partial charge in [-0.1, -0.05) is 0 Å². The van der Waals surface area contributed by atoms with Gasteiger partial charge < -0.3 is 19.3 Å². The number of hydrogen-bond donors (Lipinski definition) is 0. The molecule has 1 aromatic heterocycles. The molecule has 4 heterocycles. The van der Waals surface area contributed by atoms with Crippen LogP contribution < -0.4 is 15.2 Å². The molecule has 6 rings (SSSR count). The highest BCUT2D eigenvalue weighted by Gasteiger charge is 2.39. The molecule has 3 aromatic rings. The van der Waals surface area contributed by atoms with Crippen molar-refractivity contribution >= 4 is 16.5 Å². The van der Waals surface area contributed by atoms with Gasteiger partial charge in [-0.05, 0) is 86.1 Å². The van der Waals surface area contributed by atoms with E-state index in [1.807, 2.05) is 30.5 Å². The van der Waals surface area contributed by atoms with E-state index in [9.17, 15) is 4.79 Å². The van der Waals surface area contributed by atoms with Crippen molar-refractivity contribution in [2.75, 3.05) is 44.8 Å². The van der Waals surface area contributed by atoms with E-state index in [1.54, 1.807) is 4.57 Å². The van der Waals surface area contributed by atoms with Gasteiger partial charge in [-0.25, -0.2) is 0 Å². The molecule has 0 N–H and O–H groups in total. The van der Waals surface area contributed by atoms with E-state index in [-0.39, 0.29) is 11.7 Å². The van der Waals surface area contributed by atoms with Crippen molar-refractivity contribution in [1.29, 1.82) is 0 Å². The van der Waals surface area contributed by atoms with Gasteiger partial charge in [0, 0.05) is 55.2 Å². The van der Waals surface area contributed by atoms with Crippen LogP contribution in [0.1, 0.15) is 19.3 Å².